The molecular weight excluding hydrogens is 298 g/mol. The van der Waals surface area contributed by atoms with Gasteiger partial charge in [-0.1, -0.05) is 67.2 Å². The number of rotatable bonds is 5. The average Bonchev–Trinajstić information content (AvgIpc) is 2.42. The van der Waals surface area contributed by atoms with Crippen LogP contribution >= 0.6 is 15.9 Å². The number of hydrogen-bond acceptors (Lipinski definition) is 1. The molecule has 0 heterocycles. The molecule has 1 atom stereocenters. The number of halogens is 1. The van der Waals surface area contributed by atoms with Crippen LogP contribution in [0.4, 0.5) is 0 Å². The van der Waals surface area contributed by atoms with Gasteiger partial charge in [-0.2, -0.15) is 0 Å². The molecule has 0 radical (unpaired) electrons. The van der Waals surface area contributed by atoms with E-state index in [0.717, 1.165) is 12.5 Å². The summed E-state index contributed by atoms with van der Waals surface area (Å²) in [6, 6.07) is 9.33. The van der Waals surface area contributed by atoms with Crippen LogP contribution in [0.2, 0.25) is 0 Å². The van der Waals surface area contributed by atoms with Crippen LogP contribution in [0.15, 0.2) is 28.7 Å². The lowest BCUT2D eigenvalue weighted by molar-refractivity contribution is 0.292. The van der Waals surface area contributed by atoms with E-state index < -0.39 is 0 Å². The van der Waals surface area contributed by atoms with Crippen molar-refractivity contribution < 1.29 is 0 Å². The molecule has 0 bridgehead atoms. The lowest BCUT2D eigenvalue weighted by atomic mass is 9.76. The molecule has 1 saturated carbocycles. The molecule has 1 nitrogen and oxygen atoms in total. The van der Waals surface area contributed by atoms with E-state index in [1.807, 2.05) is 0 Å². The molecule has 1 unspecified atom stereocenters. The first-order chi connectivity index (χ1) is 9.18. The zero-order chi connectivity index (χ0) is 13.7. The van der Waals surface area contributed by atoms with E-state index in [0.29, 0.717) is 12.0 Å². The Labute approximate surface area is 126 Å². The predicted molar refractivity (Wildman–Crippen MR) is 86.6 cm³/mol. The molecule has 0 spiro atoms. The molecule has 2 rings (SSSR count). The maximum Gasteiger partial charge on any atom is 0.0210 e. The summed E-state index contributed by atoms with van der Waals surface area (Å²) < 4.78 is 1.27. The fourth-order valence-electron chi connectivity index (χ4n) is 3.21. The van der Waals surface area contributed by atoms with Crippen molar-refractivity contribution >= 4 is 15.9 Å². The van der Waals surface area contributed by atoms with Gasteiger partial charge in [0.05, 0.1) is 0 Å². The first-order valence-corrected chi connectivity index (χ1v) is 8.45. The van der Waals surface area contributed by atoms with Crippen molar-refractivity contribution in [2.45, 2.75) is 57.9 Å². The molecule has 1 aliphatic carbocycles. The Morgan fingerprint density at radius 1 is 1.16 bits per heavy atom. The molecule has 1 aromatic rings. The van der Waals surface area contributed by atoms with Gasteiger partial charge in [-0.05, 0) is 30.4 Å². The molecule has 1 N–H and O–H groups in total. The second-order valence-electron chi connectivity index (χ2n) is 6.09. The SMILES string of the molecule is CC(C)NCC(c1ccccc1Br)C1CCCCC1. The molecule has 1 fully saturated rings. The summed E-state index contributed by atoms with van der Waals surface area (Å²) in [5.74, 6) is 1.50. The fraction of sp³-hybridized carbons (Fsp3) is 0.647. The molecule has 0 aliphatic heterocycles. The first kappa shape index (κ1) is 15.1. The average molecular weight is 324 g/mol. The van der Waals surface area contributed by atoms with E-state index in [4.69, 9.17) is 0 Å². The monoisotopic (exact) mass is 323 g/mol. The maximum atomic E-state index is 3.74. The molecule has 0 saturated heterocycles. The second-order valence-corrected chi connectivity index (χ2v) is 6.94. The Bertz CT molecular complexity index is 383. The highest BCUT2D eigenvalue weighted by molar-refractivity contribution is 9.10. The summed E-state index contributed by atoms with van der Waals surface area (Å²) in [4.78, 5) is 0. The van der Waals surface area contributed by atoms with Crippen molar-refractivity contribution in [2.24, 2.45) is 5.92 Å². The fourth-order valence-corrected chi connectivity index (χ4v) is 3.78. The summed E-state index contributed by atoms with van der Waals surface area (Å²) in [6.45, 7) is 5.57. The van der Waals surface area contributed by atoms with Crippen LogP contribution in [-0.2, 0) is 0 Å². The number of nitrogens with one attached hydrogen (secondary N) is 1. The molecule has 1 aromatic carbocycles. The van der Waals surface area contributed by atoms with Gasteiger partial charge in [-0.3, -0.25) is 0 Å². The van der Waals surface area contributed by atoms with Crippen LogP contribution in [0, 0.1) is 5.92 Å². The third-order valence-corrected chi connectivity index (χ3v) is 4.99. The maximum absolute atomic E-state index is 3.74. The molecule has 0 aromatic heterocycles. The Morgan fingerprint density at radius 3 is 2.47 bits per heavy atom. The Kier molecular flexibility index (Phi) is 5.90. The van der Waals surface area contributed by atoms with Crippen LogP contribution in [0.25, 0.3) is 0 Å². The van der Waals surface area contributed by atoms with Gasteiger partial charge in [0, 0.05) is 23.0 Å². The van der Waals surface area contributed by atoms with Crippen molar-refractivity contribution in [3.8, 4) is 0 Å². The second kappa shape index (κ2) is 7.44. The highest BCUT2D eigenvalue weighted by Crippen LogP contribution is 2.38. The van der Waals surface area contributed by atoms with E-state index in [1.54, 1.807) is 0 Å². The molecular formula is C17H26BrN. The van der Waals surface area contributed by atoms with E-state index in [9.17, 15) is 0 Å². The molecule has 2 heteroatoms. The summed E-state index contributed by atoms with van der Waals surface area (Å²) in [7, 11) is 0. The minimum absolute atomic E-state index is 0.563. The Balaban J connectivity index is 2.15. The van der Waals surface area contributed by atoms with Gasteiger partial charge in [0.1, 0.15) is 0 Å². The van der Waals surface area contributed by atoms with Crippen molar-refractivity contribution in [3.63, 3.8) is 0 Å². The van der Waals surface area contributed by atoms with Crippen LogP contribution in [0.5, 0.6) is 0 Å². The molecule has 1 aliphatic rings. The van der Waals surface area contributed by atoms with E-state index >= 15 is 0 Å². The lowest BCUT2D eigenvalue weighted by Crippen LogP contribution is -2.32. The van der Waals surface area contributed by atoms with Crippen LogP contribution in [0.1, 0.15) is 57.4 Å². The van der Waals surface area contributed by atoms with Gasteiger partial charge < -0.3 is 5.32 Å². The topological polar surface area (TPSA) is 12.0 Å². The van der Waals surface area contributed by atoms with Gasteiger partial charge in [-0.25, -0.2) is 0 Å². The van der Waals surface area contributed by atoms with Crippen LogP contribution in [0.3, 0.4) is 0 Å². The Morgan fingerprint density at radius 2 is 1.84 bits per heavy atom. The summed E-state index contributed by atoms with van der Waals surface area (Å²) in [5, 5.41) is 3.65. The molecule has 106 valence electrons. The van der Waals surface area contributed by atoms with E-state index in [2.05, 4.69) is 59.4 Å². The van der Waals surface area contributed by atoms with E-state index in [-0.39, 0.29) is 0 Å². The molecule has 19 heavy (non-hydrogen) atoms. The van der Waals surface area contributed by atoms with Crippen molar-refractivity contribution in [2.75, 3.05) is 6.54 Å². The summed E-state index contributed by atoms with van der Waals surface area (Å²) >= 11 is 3.74. The van der Waals surface area contributed by atoms with Gasteiger partial charge in [-0.15, -0.1) is 0 Å². The normalized spacial score (nSPS) is 18.7. The summed E-state index contributed by atoms with van der Waals surface area (Å²) in [5.41, 5.74) is 1.49. The highest BCUT2D eigenvalue weighted by atomic mass is 79.9. The zero-order valence-corrected chi connectivity index (χ0v) is 13.7. The van der Waals surface area contributed by atoms with Crippen molar-refractivity contribution in [1.29, 1.82) is 0 Å². The lowest BCUT2D eigenvalue weighted by Gasteiger charge is -2.32. The van der Waals surface area contributed by atoms with Crippen molar-refractivity contribution in [1.82, 2.24) is 5.32 Å². The van der Waals surface area contributed by atoms with Crippen molar-refractivity contribution in [3.05, 3.63) is 34.3 Å². The standard InChI is InChI=1S/C17H26BrN/c1-13(2)19-12-16(14-8-4-3-5-9-14)15-10-6-7-11-17(15)18/h6-7,10-11,13-14,16,19H,3-5,8-9,12H2,1-2H3. The number of benzene rings is 1. The third-order valence-electron chi connectivity index (χ3n) is 4.27. The minimum Gasteiger partial charge on any atom is -0.314 e. The quantitative estimate of drug-likeness (QED) is 0.793. The van der Waals surface area contributed by atoms with Crippen LogP contribution < -0.4 is 5.32 Å². The first-order valence-electron chi connectivity index (χ1n) is 7.66. The third kappa shape index (κ3) is 4.32. The highest BCUT2D eigenvalue weighted by Gasteiger charge is 2.26. The van der Waals surface area contributed by atoms with Gasteiger partial charge in [0.25, 0.3) is 0 Å². The van der Waals surface area contributed by atoms with Gasteiger partial charge in [0.2, 0.25) is 0 Å². The van der Waals surface area contributed by atoms with Gasteiger partial charge >= 0.3 is 0 Å². The minimum atomic E-state index is 0.563. The van der Waals surface area contributed by atoms with E-state index in [1.165, 1.54) is 42.1 Å². The predicted octanol–water partition coefficient (Wildman–Crippen LogP) is 5.11. The Hall–Kier alpha value is -0.340. The molecule has 0 amide bonds. The largest absolute Gasteiger partial charge is 0.314 e. The smallest absolute Gasteiger partial charge is 0.0210 e. The number of hydrogen-bond donors (Lipinski definition) is 1. The summed E-state index contributed by atoms with van der Waals surface area (Å²) in [6.07, 6.45) is 7.04. The zero-order valence-electron chi connectivity index (χ0n) is 12.2. The van der Waals surface area contributed by atoms with Crippen LogP contribution in [-0.4, -0.2) is 12.6 Å². The van der Waals surface area contributed by atoms with Gasteiger partial charge in [0.15, 0.2) is 0 Å².